The standard InChI is InChI=1S/C19H26N2O9S/c1-2-3-4-5-6-7-8-9-13(21-15(23)10-11-16(21)24)17(25)30-19(31(27,28)29)12-14(22)20-18(19)26/h10-11,13H,2-9,12H2,1H3,(H,20,22,26)(H,27,28,29). The van der Waals surface area contributed by atoms with Crippen molar-refractivity contribution in [3.8, 4) is 0 Å². The van der Waals surface area contributed by atoms with Gasteiger partial charge in [-0.1, -0.05) is 51.9 Å². The molecule has 2 aliphatic heterocycles. The summed E-state index contributed by atoms with van der Waals surface area (Å²) in [4.78, 5) is 58.0. The summed E-state index contributed by atoms with van der Waals surface area (Å²) in [6.45, 7) is 2.09. The van der Waals surface area contributed by atoms with Gasteiger partial charge in [0.2, 0.25) is 5.91 Å². The van der Waals surface area contributed by atoms with Crippen molar-refractivity contribution >= 4 is 39.7 Å². The molecule has 0 aromatic heterocycles. The zero-order valence-electron chi connectivity index (χ0n) is 17.2. The molecule has 2 atom stereocenters. The number of ether oxygens (including phenoxy) is 1. The second-order valence-corrected chi connectivity index (χ2v) is 9.12. The number of nitrogens with zero attached hydrogens (tertiary/aromatic N) is 1. The van der Waals surface area contributed by atoms with Crippen LogP contribution in [-0.4, -0.2) is 58.4 Å². The first kappa shape index (κ1) is 24.7. The van der Waals surface area contributed by atoms with E-state index in [4.69, 9.17) is 4.74 Å². The molecule has 0 aromatic rings. The van der Waals surface area contributed by atoms with Crippen molar-refractivity contribution < 1.29 is 41.7 Å². The zero-order chi connectivity index (χ0) is 23.2. The van der Waals surface area contributed by atoms with Gasteiger partial charge in [-0.15, -0.1) is 0 Å². The maximum absolute atomic E-state index is 12.8. The molecule has 2 heterocycles. The Morgan fingerprint density at radius 2 is 1.65 bits per heavy atom. The largest absolute Gasteiger partial charge is 0.428 e. The molecule has 0 radical (unpaired) electrons. The van der Waals surface area contributed by atoms with E-state index in [0.717, 1.165) is 44.3 Å². The number of rotatable bonds is 12. The van der Waals surface area contributed by atoms with Gasteiger partial charge in [-0.2, -0.15) is 8.42 Å². The molecule has 1 saturated heterocycles. The number of imide groups is 2. The van der Waals surface area contributed by atoms with Crippen LogP contribution in [0, 0.1) is 0 Å². The summed E-state index contributed by atoms with van der Waals surface area (Å²) in [5, 5.41) is 1.67. The van der Waals surface area contributed by atoms with Crippen LogP contribution in [0.4, 0.5) is 0 Å². The van der Waals surface area contributed by atoms with Gasteiger partial charge in [0.15, 0.2) is 0 Å². The molecular formula is C19H26N2O9S. The van der Waals surface area contributed by atoms with E-state index >= 15 is 0 Å². The third kappa shape index (κ3) is 5.56. The average Bonchev–Trinajstić information content (AvgIpc) is 3.16. The lowest BCUT2D eigenvalue weighted by Crippen LogP contribution is -2.54. The van der Waals surface area contributed by atoms with E-state index in [1.807, 2.05) is 0 Å². The van der Waals surface area contributed by atoms with Crippen molar-refractivity contribution in [3.63, 3.8) is 0 Å². The Hall–Kier alpha value is -2.60. The molecule has 0 aromatic carbocycles. The predicted molar refractivity (Wildman–Crippen MR) is 106 cm³/mol. The minimum Gasteiger partial charge on any atom is -0.428 e. The van der Waals surface area contributed by atoms with Gasteiger partial charge in [0, 0.05) is 12.2 Å². The molecule has 12 heteroatoms. The highest BCUT2D eigenvalue weighted by Gasteiger charge is 2.61. The van der Waals surface area contributed by atoms with Gasteiger partial charge in [-0.05, 0) is 6.42 Å². The Bertz CT molecular complexity index is 878. The molecule has 2 N–H and O–H groups in total. The van der Waals surface area contributed by atoms with Crippen molar-refractivity contribution in [2.75, 3.05) is 0 Å². The van der Waals surface area contributed by atoms with E-state index in [9.17, 15) is 36.9 Å². The Labute approximate surface area is 179 Å². The third-order valence-corrected chi connectivity index (χ3v) is 6.43. The molecule has 0 aliphatic carbocycles. The normalized spacial score (nSPS) is 22.2. The minimum absolute atomic E-state index is 0.0249. The molecular weight excluding hydrogens is 432 g/mol. The fraction of sp³-hybridized carbons (Fsp3) is 0.632. The minimum atomic E-state index is -5.34. The Balaban J connectivity index is 2.16. The third-order valence-electron chi connectivity index (χ3n) is 5.18. The monoisotopic (exact) mass is 458 g/mol. The van der Waals surface area contributed by atoms with E-state index in [1.54, 1.807) is 5.32 Å². The fourth-order valence-electron chi connectivity index (χ4n) is 3.50. The smallest absolute Gasteiger partial charge is 0.331 e. The lowest BCUT2D eigenvalue weighted by atomic mass is 10.0. The van der Waals surface area contributed by atoms with E-state index in [1.165, 1.54) is 0 Å². The van der Waals surface area contributed by atoms with Gasteiger partial charge in [0.05, 0.1) is 6.42 Å². The highest BCUT2D eigenvalue weighted by molar-refractivity contribution is 7.88. The van der Waals surface area contributed by atoms with Crippen LogP contribution in [0.1, 0.15) is 64.7 Å². The predicted octanol–water partition coefficient (Wildman–Crippen LogP) is 0.595. The molecule has 2 unspecified atom stereocenters. The van der Waals surface area contributed by atoms with Crippen LogP contribution in [0.3, 0.4) is 0 Å². The van der Waals surface area contributed by atoms with Crippen LogP contribution in [0.5, 0.6) is 0 Å². The molecule has 11 nitrogen and oxygen atoms in total. The molecule has 2 aliphatic rings. The number of carbonyl (C=O) groups excluding carboxylic acids is 5. The summed E-state index contributed by atoms with van der Waals surface area (Å²) in [5.41, 5.74) is 0. The summed E-state index contributed by atoms with van der Waals surface area (Å²) in [5.74, 6) is -5.53. The van der Waals surface area contributed by atoms with E-state index in [0.29, 0.717) is 17.7 Å². The summed E-state index contributed by atoms with van der Waals surface area (Å²) in [7, 11) is -5.34. The van der Waals surface area contributed by atoms with Crippen LogP contribution >= 0.6 is 0 Å². The van der Waals surface area contributed by atoms with Crippen molar-refractivity contribution in [3.05, 3.63) is 12.2 Å². The van der Waals surface area contributed by atoms with E-state index in [2.05, 4.69) is 6.92 Å². The second kappa shape index (κ2) is 10.1. The molecule has 4 amide bonds. The molecule has 172 valence electrons. The van der Waals surface area contributed by atoms with Gasteiger partial charge in [0.25, 0.3) is 17.7 Å². The topological polar surface area (TPSA) is 164 Å². The number of unbranched alkanes of at least 4 members (excludes halogenated alkanes) is 6. The average molecular weight is 458 g/mol. The maximum Gasteiger partial charge on any atom is 0.331 e. The fourth-order valence-corrected chi connectivity index (χ4v) is 4.28. The number of amides is 4. The second-order valence-electron chi connectivity index (χ2n) is 7.51. The molecule has 0 bridgehead atoms. The number of hydrogen-bond donors (Lipinski definition) is 2. The first-order chi connectivity index (χ1) is 14.5. The lowest BCUT2D eigenvalue weighted by Gasteiger charge is -2.28. The Kier molecular flexibility index (Phi) is 8.07. The van der Waals surface area contributed by atoms with Gasteiger partial charge >= 0.3 is 21.0 Å². The van der Waals surface area contributed by atoms with Gasteiger partial charge < -0.3 is 4.74 Å². The van der Waals surface area contributed by atoms with Crippen molar-refractivity contribution in [2.24, 2.45) is 0 Å². The van der Waals surface area contributed by atoms with Crippen molar-refractivity contribution in [1.82, 2.24) is 10.2 Å². The van der Waals surface area contributed by atoms with Crippen LogP contribution in [0.15, 0.2) is 12.2 Å². The highest BCUT2D eigenvalue weighted by atomic mass is 32.2. The first-order valence-corrected chi connectivity index (χ1v) is 11.6. The van der Waals surface area contributed by atoms with Crippen LogP contribution < -0.4 is 5.32 Å². The number of hydrogen-bond acceptors (Lipinski definition) is 8. The first-order valence-electron chi connectivity index (χ1n) is 10.1. The highest BCUT2D eigenvalue weighted by Crippen LogP contribution is 2.30. The van der Waals surface area contributed by atoms with Gasteiger partial charge in [-0.25, -0.2) is 4.79 Å². The summed E-state index contributed by atoms with van der Waals surface area (Å²) in [6.07, 6.45) is 7.00. The summed E-state index contributed by atoms with van der Waals surface area (Å²) in [6, 6.07) is -1.51. The number of carbonyl (C=O) groups is 5. The van der Waals surface area contributed by atoms with Crippen molar-refractivity contribution in [2.45, 2.75) is 75.7 Å². The lowest BCUT2D eigenvalue weighted by molar-refractivity contribution is -0.167. The summed E-state index contributed by atoms with van der Waals surface area (Å²) < 4.78 is 38.0. The van der Waals surface area contributed by atoms with Crippen molar-refractivity contribution in [1.29, 1.82) is 0 Å². The molecule has 0 saturated carbocycles. The van der Waals surface area contributed by atoms with Crippen LogP contribution in [-0.2, 0) is 38.8 Å². The van der Waals surface area contributed by atoms with E-state index in [-0.39, 0.29) is 6.42 Å². The molecule has 1 fully saturated rings. The quantitative estimate of drug-likeness (QED) is 0.184. The zero-order valence-corrected chi connectivity index (χ0v) is 18.0. The molecule has 2 rings (SSSR count). The number of nitrogens with one attached hydrogen (secondary N) is 1. The number of esters is 1. The summed E-state index contributed by atoms with van der Waals surface area (Å²) >= 11 is 0. The Morgan fingerprint density at radius 3 is 2.13 bits per heavy atom. The van der Waals surface area contributed by atoms with E-state index < -0.39 is 57.1 Å². The molecule has 0 spiro atoms. The Morgan fingerprint density at radius 1 is 1.10 bits per heavy atom. The van der Waals surface area contributed by atoms with Gasteiger partial charge in [0.1, 0.15) is 6.04 Å². The molecule has 31 heavy (non-hydrogen) atoms. The maximum atomic E-state index is 12.8. The van der Waals surface area contributed by atoms with Crippen LogP contribution in [0.25, 0.3) is 0 Å². The van der Waals surface area contributed by atoms with Crippen LogP contribution in [0.2, 0.25) is 0 Å². The van der Waals surface area contributed by atoms with Gasteiger partial charge in [-0.3, -0.25) is 33.9 Å². The SMILES string of the molecule is CCCCCCCCCC(C(=O)OC1(S(=O)(=O)O)CC(=O)NC1=O)N1C(=O)C=CC1=O.